The van der Waals surface area contributed by atoms with Gasteiger partial charge in [-0.2, -0.15) is 0 Å². The van der Waals surface area contributed by atoms with Crippen LogP contribution < -0.4 is 4.90 Å². The van der Waals surface area contributed by atoms with Crippen molar-refractivity contribution in [2.24, 2.45) is 0 Å². The van der Waals surface area contributed by atoms with Gasteiger partial charge in [-0.15, -0.1) is 0 Å². The van der Waals surface area contributed by atoms with Crippen LogP contribution in [0.2, 0.25) is 5.02 Å². The van der Waals surface area contributed by atoms with Crippen molar-refractivity contribution in [1.29, 1.82) is 0 Å². The van der Waals surface area contributed by atoms with Gasteiger partial charge in [0, 0.05) is 43.9 Å². The first-order valence-corrected chi connectivity index (χ1v) is 9.44. The van der Waals surface area contributed by atoms with Gasteiger partial charge in [-0.3, -0.25) is 9.69 Å². The minimum atomic E-state index is 0.180. The van der Waals surface area contributed by atoms with Crippen molar-refractivity contribution in [1.82, 2.24) is 14.8 Å². The number of anilines is 1. The Labute approximate surface area is 160 Å². The number of hydrogen-bond donors (Lipinski definition) is 0. The van der Waals surface area contributed by atoms with Crippen LogP contribution in [-0.2, 0) is 11.3 Å². The average Bonchev–Trinajstić information content (AvgIpc) is 2.69. The van der Waals surface area contributed by atoms with Crippen LogP contribution in [0, 0.1) is 0 Å². The molecule has 6 heteroatoms. The fourth-order valence-electron chi connectivity index (χ4n) is 3.16. The zero-order chi connectivity index (χ0) is 18.4. The highest BCUT2D eigenvalue weighted by Crippen LogP contribution is 2.17. The van der Waals surface area contributed by atoms with Crippen LogP contribution in [-0.4, -0.2) is 60.0 Å². The van der Waals surface area contributed by atoms with Crippen LogP contribution in [0.3, 0.4) is 0 Å². The van der Waals surface area contributed by atoms with Gasteiger partial charge in [0.1, 0.15) is 5.82 Å². The monoisotopic (exact) mass is 372 g/mol. The van der Waals surface area contributed by atoms with E-state index in [0.717, 1.165) is 49.1 Å². The third-order valence-corrected chi connectivity index (χ3v) is 5.13. The van der Waals surface area contributed by atoms with Gasteiger partial charge in [0.05, 0.1) is 6.54 Å². The summed E-state index contributed by atoms with van der Waals surface area (Å²) < 4.78 is 0. The van der Waals surface area contributed by atoms with Crippen LogP contribution in [0.5, 0.6) is 0 Å². The lowest BCUT2D eigenvalue weighted by Crippen LogP contribution is -2.51. The lowest BCUT2D eigenvalue weighted by atomic mass is 10.2. The molecule has 3 rings (SSSR count). The van der Waals surface area contributed by atoms with E-state index in [-0.39, 0.29) is 5.91 Å². The molecule has 26 heavy (non-hydrogen) atoms. The maximum Gasteiger partial charge on any atom is 0.236 e. The number of aromatic nitrogens is 1. The molecule has 138 valence electrons. The quantitative estimate of drug-likeness (QED) is 0.781. The topological polar surface area (TPSA) is 39.7 Å². The predicted molar refractivity (Wildman–Crippen MR) is 105 cm³/mol. The molecule has 0 unspecified atom stereocenters. The summed E-state index contributed by atoms with van der Waals surface area (Å²) >= 11 is 6.25. The SMILES string of the molecule is CCN(CC(=O)N1CCN(c2ccccn2)CC1)Cc1ccccc1Cl. The fraction of sp³-hybridized carbons (Fsp3) is 0.400. The van der Waals surface area contributed by atoms with Crippen molar-refractivity contribution in [3.63, 3.8) is 0 Å². The van der Waals surface area contributed by atoms with E-state index in [1.807, 2.05) is 47.4 Å². The Kier molecular flexibility index (Phi) is 6.47. The molecule has 1 aromatic carbocycles. The summed E-state index contributed by atoms with van der Waals surface area (Å²) in [5.41, 5.74) is 1.06. The van der Waals surface area contributed by atoms with Gasteiger partial charge in [-0.25, -0.2) is 4.98 Å². The minimum absolute atomic E-state index is 0.180. The van der Waals surface area contributed by atoms with Crippen molar-refractivity contribution in [2.45, 2.75) is 13.5 Å². The summed E-state index contributed by atoms with van der Waals surface area (Å²) in [6.45, 7) is 7.10. The highest BCUT2D eigenvalue weighted by Gasteiger charge is 2.23. The summed E-state index contributed by atoms with van der Waals surface area (Å²) in [4.78, 5) is 23.4. The van der Waals surface area contributed by atoms with Gasteiger partial charge in [0.2, 0.25) is 5.91 Å². The number of piperazine rings is 1. The lowest BCUT2D eigenvalue weighted by Gasteiger charge is -2.36. The summed E-state index contributed by atoms with van der Waals surface area (Å²) in [6, 6.07) is 13.7. The van der Waals surface area contributed by atoms with E-state index < -0.39 is 0 Å². The second kappa shape index (κ2) is 9.01. The number of carbonyl (C=O) groups excluding carboxylic acids is 1. The first kappa shape index (κ1) is 18.7. The van der Waals surface area contributed by atoms with Crippen molar-refractivity contribution < 1.29 is 4.79 Å². The molecule has 0 saturated carbocycles. The standard InChI is InChI=1S/C20H25ClN4O/c1-2-23(15-17-7-3-4-8-18(17)21)16-20(26)25-13-11-24(12-14-25)19-9-5-6-10-22-19/h3-10H,2,11-16H2,1H3. The second-order valence-electron chi connectivity index (χ2n) is 6.45. The number of amides is 1. The second-order valence-corrected chi connectivity index (χ2v) is 6.86. The molecule has 5 nitrogen and oxygen atoms in total. The number of likely N-dealkylation sites (N-methyl/N-ethyl adjacent to an activating group) is 1. The average molecular weight is 373 g/mol. The van der Waals surface area contributed by atoms with Gasteiger partial charge < -0.3 is 9.80 Å². The smallest absolute Gasteiger partial charge is 0.236 e. The molecule has 2 aromatic rings. The van der Waals surface area contributed by atoms with Crippen LogP contribution >= 0.6 is 11.6 Å². The van der Waals surface area contributed by atoms with Crippen molar-refractivity contribution >= 4 is 23.3 Å². The fourth-order valence-corrected chi connectivity index (χ4v) is 3.36. The number of carbonyl (C=O) groups is 1. The van der Waals surface area contributed by atoms with Crippen molar-refractivity contribution in [2.75, 3.05) is 44.2 Å². The van der Waals surface area contributed by atoms with E-state index in [1.165, 1.54) is 0 Å². The molecular weight excluding hydrogens is 348 g/mol. The molecule has 0 spiro atoms. The molecular formula is C20H25ClN4O. The molecule has 1 amide bonds. The first-order chi connectivity index (χ1) is 12.7. The zero-order valence-electron chi connectivity index (χ0n) is 15.1. The summed E-state index contributed by atoms with van der Waals surface area (Å²) in [5, 5.41) is 0.752. The van der Waals surface area contributed by atoms with Crippen LogP contribution in [0.1, 0.15) is 12.5 Å². The van der Waals surface area contributed by atoms with Gasteiger partial charge in [0.15, 0.2) is 0 Å². The molecule has 1 aromatic heterocycles. The van der Waals surface area contributed by atoms with E-state index in [4.69, 9.17) is 11.6 Å². The van der Waals surface area contributed by atoms with E-state index in [1.54, 1.807) is 6.20 Å². The molecule has 0 radical (unpaired) electrons. The summed E-state index contributed by atoms with van der Waals surface area (Å²) in [6.07, 6.45) is 1.81. The van der Waals surface area contributed by atoms with Crippen molar-refractivity contribution in [3.8, 4) is 0 Å². The highest BCUT2D eigenvalue weighted by molar-refractivity contribution is 6.31. The van der Waals surface area contributed by atoms with E-state index in [0.29, 0.717) is 13.1 Å². The number of benzene rings is 1. The zero-order valence-corrected chi connectivity index (χ0v) is 15.9. The first-order valence-electron chi connectivity index (χ1n) is 9.07. The third kappa shape index (κ3) is 4.74. The number of hydrogen-bond acceptors (Lipinski definition) is 4. The molecule has 1 fully saturated rings. The number of halogens is 1. The third-order valence-electron chi connectivity index (χ3n) is 4.76. The largest absolute Gasteiger partial charge is 0.353 e. The van der Waals surface area contributed by atoms with Crippen LogP contribution in [0.15, 0.2) is 48.7 Å². The van der Waals surface area contributed by atoms with Crippen LogP contribution in [0.4, 0.5) is 5.82 Å². The summed E-state index contributed by atoms with van der Waals surface area (Å²) in [5.74, 6) is 1.16. The molecule has 0 N–H and O–H groups in total. The van der Waals surface area contributed by atoms with Gasteiger partial charge in [-0.1, -0.05) is 42.8 Å². The Morgan fingerprint density at radius 3 is 2.50 bits per heavy atom. The highest BCUT2D eigenvalue weighted by atomic mass is 35.5. The maximum absolute atomic E-state index is 12.7. The van der Waals surface area contributed by atoms with Crippen LogP contribution in [0.25, 0.3) is 0 Å². The van der Waals surface area contributed by atoms with E-state index in [2.05, 4.69) is 21.7 Å². The number of rotatable bonds is 6. The molecule has 1 saturated heterocycles. The molecule has 0 aliphatic carbocycles. The molecule has 0 bridgehead atoms. The van der Waals surface area contributed by atoms with E-state index >= 15 is 0 Å². The Morgan fingerprint density at radius 2 is 1.85 bits per heavy atom. The Hall–Kier alpha value is -2.11. The van der Waals surface area contributed by atoms with E-state index in [9.17, 15) is 4.79 Å². The molecule has 2 heterocycles. The maximum atomic E-state index is 12.7. The molecule has 1 aliphatic rings. The van der Waals surface area contributed by atoms with Crippen molar-refractivity contribution in [3.05, 3.63) is 59.2 Å². The predicted octanol–water partition coefficient (Wildman–Crippen LogP) is 2.91. The van der Waals surface area contributed by atoms with Gasteiger partial charge in [-0.05, 0) is 30.3 Å². The number of pyridine rings is 1. The Balaban J connectivity index is 1.52. The van der Waals surface area contributed by atoms with Gasteiger partial charge in [0.25, 0.3) is 0 Å². The Morgan fingerprint density at radius 1 is 1.12 bits per heavy atom. The summed E-state index contributed by atoms with van der Waals surface area (Å²) in [7, 11) is 0. The van der Waals surface area contributed by atoms with Gasteiger partial charge >= 0.3 is 0 Å². The molecule has 0 atom stereocenters. The Bertz CT molecular complexity index is 717. The minimum Gasteiger partial charge on any atom is -0.353 e. The number of nitrogens with zero attached hydrogens (tertiary/aromatic N) is 4. The normalized spacial score (nSPS) is 14.7. The molecule has 1 aliphatic heterocycles. The lowest BCUT2D eigenvalue weighted by molar-refractivity contribution is -0.132.